The third kappa shape index (κ3) is 6.68. The Morgan fingerprint density at radius 1 is 1.11 bits per heavy atom. The predicted molar refractivity (Wildman–Crippen MR) is 106 cm³/mol. The Hall–Kier alpha value is -1.83. The zero-order valence-electron chi connectivity index (χ0n) is 15.0. The number of hydrogen-bond donors (Lipinski definition) is 1. The Kier molecular flexibility index (Phi) is 10.1. The molecule has 0 aromatic carbocycles. The van der Waals surface area contributed by atoms with Gasteiger partial charge in [0.2, 0.25) is 0 Å². The number of allylic oxidation sites excluding steroid dienone is 1. The van der Waals surface area contributed by atoms with Crippen molar-refractivity contribution in [2.24, 2.45) is 0 Å². The molecule has 2 saturated heterocycles. The minimum atomic E-state index is -0.397. The molecule has 10 heteroatoms. The highest BCUT2D eigenvalue weighted by Crippen LogP contribution is 2.18. The van der Waals surface area contributed by atoms with E-state index in [1.54, 1.807) is 12.4 Å². The Labute approximate surface area is 171 Å². The van der Waals surface area contributed by atoms with Crippen LogP contribution in [0.2, 0.25) is 0 Å². The first-order valence-electron chi connectivity index (χ1n) is 8.62. The quantitative estimate of drug-likeness (QED) is 0.716. The molecule has 0 unspecified atom stereocenters. The first kappa shape index (κ1) is 23.2. The topological polar surface area (TPSA) is 78.0 Å². The Morgan fingerprint density at radius 3 is 2.48 bits per heavy atom. The van der Waals surface area contributed by atoms with E-state index in [-0.39, 0.29) is 31.4 Å². The third-order valence-corrected chi connectivity index (χ3v) is 4.41. The molecular weight excluding hydrogens is 393 g/mol. The highest BCUT2D eigenvalue weighted by atomic mass is 35.5. The maximum Gasteiger partial charge on any atom is 0.347 e. The molecule has 0 atom stereocenters. The van der Waals surface area contributed by atoms with Crippen molar-refractivity contribution in [1.29, 1.82) is 0 Å². The number of nitrogens with zero attached hydrogens (tertiary/aromatic N) is 4. The number of nitrogens with one attached hydrogen (secondary N) is 1. The summed E-state index contributed by atoms with van der Waals surface area (Å²) >= 11 is 0. The number of piperazine rings is 1. The van der Waals surface area contributed by atoms with Crippen LogP contribution in [0.15, 0.2) is 30.2 Å². The van der Waals surface area contributed by atoms with Gasteiger partial charge in [0.05, 0.1) is 6.54 Å². The molecule has 1 N–H and O–H groups in total. The van der Waals surface area contributed by atoms with E-state index in [1.807, 2.05) is 23.1 Å². The van der Waals surface area contributed by atoms with Crippen molar-refractivity contribution in [3.63, 3.8) is 0 Å². The van der Waals surface area contributed by atoms with Crippen LogP contribution in [0.4, 0.5) is 5.69 Å². The number of aromatic nitrogens is 1. The van der Waals surface area contributed by atoms with Gasteiger partial charge in [-0.05, 0) is 25.0 Å². The summed E-state index contributed by atoms with van der Waals surface area (Å²) in [6.45, 7) is 3.99. The second-order valence-corrected chi connectivity index (χ2v) is 6.09. The van der Waals surface area contributed by atoms with E-state index in [4.69, 9.17) is 4.84 Å². The Balaban J connectivity index is 0.00000182. The minimum Gasteiger partial charge on any atom is -0.369 e. The monoisotopic (exact) mass is 417 g/mol. The van der Waals surface area contributed by atoms with Crippen molar-refractivity contribution in [2.75, 3.05) is 44.2 Å². The molecule has 0 aliphatic carbocycles. The first-order valence-corrected chi connectivity index (χ1v) is 8.62. The van der Waals surface area contributed by atoms with Crippen LogP contribution in [0.25, 0.3) is 0 Å². The minimum absolute atomic E-state index is 0. The molecule has 150 valence electrons. The number of carbonyl (C=O) groups is 1. The van der Waals surface area contributed by atoms with E-state index in [2.05, 4.69) is 15.3 Å². The number of anilines is 1. The average molecular weight is 418 g/mol. The molecule has 3 rings (SSSR count). The summed E-state index contributed by atoms with van der Waals surface area (Å²) in [5, 5.41) is 3.40. The van der Waals surface area contributed by atoms with E-state index < -0.39 is 5.97 Å². The average Bonchev–Trinajstić information content (AvgIpc) is 2.68. The number of hydroxylamine groups is 2. The van der Waals surface area contributed by atoms with Gasteiger partial charge in [0.25, 0.3) is 0 Å². The number of hydrogen-bond acceptors (Lipinski definition) is 8. The summed E-state index contributed by atoms with van der Waals surface area (Å²) in [5.74, 6) is 1.46. The van der Waals surface area contributed by atoms with E-state index in [0.717, 1.165) is 44.7 Å². The van der Waals surface area contributed by atoms with Crippen molar-refractivity contribution in [2.45, 2.75) is 19.3 Å². The van der Waals surface area contributed by atoms with Gasteiger partial charge in [0.15, 0.2) is 0 Å². The molecule has 2 aliphatic heterocycles. The van der Waals surface area contributed by atoms with Gasteiger partial charge in [-0.1, -0.05) is 0 Å². The van der Waals surface area contributed by atoms with Gasteiger partial charge in [0.1, 0.15) is 18.2 Å². The molecular formula is C17H25Cl2N5O3. The highest BCUT2D eigenvalue weighted by molar-refractivity contribution is 5.85. The lowest BCUT2D eigenvalue weighted by molar-refractivity contribution is -0.183. The SMILES string of the molecule is Cl.Cl.O=C=C1CCCCN1OC(=O)CNN1CCN(c2ccncc2)CC1. The lowest BCUT2D eigenvalue weighted by Gasteiger charge is -2.36. The number of halogens is 2. The summed E-state index contributed by atoms with van der Waals surface area (Å²) in [7, 11) is 0. The maximum atomic E-state index is 12.0. The lowest BCUT2D eigenvalue weighted by atomic mass is 10.1. The van der Waals surface area contributed by atoms with Gasteiger partial charge < -0.3 is 9.74 Å². The Morgan fingerprint density at radius 2 is 1.81 bits per heavy atom. The number of hydrazine groups is 1. The summed E-state index contributed by atoms with van der Waals surface area (Å²) < 4.78 is 0. The van der Waals surface area contributed by atoms with E-state index >= 15 is 0 Å². The molecule has 1 aromatic rings. The van der Waals surface area contributed by atoms with Crippen LogP contribution in [0.3, 0.4) is 0 Å². The van der Waals surface area contributed by atoms with Crippen LogP contribution in [0.5, 0.6) is 0 Å². The fourth-order valence-electron chi connectivity index (χ4n) is 3.02. The molecule has 0 saturated carbocycles. The standard InChI is InChI=1S/C17H23N5O3.2ClH/c23-14-16-3-1-2-8-22(16)25-17(24)13-19-21-11-9-20(10-12-21)15-4-6-18-7-5-15;;/h4-7,19H,1-3,8-13H2;2*1H. The van der Waals surface area contributed by atoms with Gasteiger partial charge in [0, 0.05) is 50.7 Å². The number of piperidine rings is 1. The van der Waals surface area contributed by atoms with E-state index in [0.29, 0.717) is 18.7 Å². The van der Waals surface area contributed by atoms with E-state index in [9.17, 15) is 9.59 Å². The van der Waals surface area contributed by atoms with Crippen molar-refractivity contribution in [3.05, 3.63) is 30.2 Å². The number of carbonyl (C=O) groups excluding carboxylic acids is 2. The smallest absolute Gasteiger partial charge is 0.347 e. The molecule has 2 fully saturated rings. The largest absolute Gasteiger partial charge is 0.369 e. The maximum absolute atomic E-state index is 12.0. The molecule has 3 heterocycles. The summed E-state index contributed by atoms with van der Waals surface area (Å²) in [6, 6.07) is 3.99. The first-order chi connectivity index (χ1) is 12.3. The third-order valence-electron chi connectivity index (χ3n) is 4.41. The van der Waals surface area contributed by atoms with E-state index in [1.165, 1.54) is 5.06 Å². The lowest BCUT2D eigenvalue weighted by Crippen LogP contribution is -2.53. The van der Waals surface area contributed by atoms with Gasteiger partial charge in [-0.2, -0.15) is 5.06 Å². The Bertz CT molecular complexity index is 635. The molecule has 1 aromatic heterocycles. The van der Waals surface area contributed by atoms with Crippen molar-refractivity contribution < 1.29 is 14.4 Å². The van der Waals surface area contributed by atoms with Gasteiger partial charge >= 0.3 is 5.97 Å². The molecule has 0 bridgehead atoms. The van der Waals surface area contributed by atoms with Crippen LogP contribution in [-0.2, 0) is 14.4 Å². The van der Waals surface area contributed by atoms with Crippen molar-refractivity contribution in [3.8, 4) is 0 Å². The fraction of sp³-hybridized carbons (Fsp3) is 0.529. The van der Waals surface area contributed by atoms with Crippen LogP contribution < -0.4 is 10.3 Å². The molecule has 2 aliphatic rings. The zero-order valence-corrected chi connectivity index (χ0v) is 16.6. The predicted octanol–water partition coefficient (Wildman–Crippen LogP) is 1.21. The molecule has 0 radical (unpaired) electrons. The normalized spacial score (nSPS) is 17.4. The molecule has 0 spiro atoms. The van der Waals surface area contributed by atoms with Crippen molar-refractivity contribution in [1.82, 2.24) is 20.5 Å². The molecule has 8 nitrogen and oxygen atoms in total. The fourth-order valence-corrected chi connectivity index (χ4v) is 3.02. The highest BCUT2D eigenvalue weighted by Gasteiger charge is 2.21. The zero-order chi connectivity index (χ0) is 17.5. The summed E-state index contributed by atoms with van der Waals surface area (Å²) in [5.41, 5.74) is 4.68. The van der Waals surface area contributed by atoms with Crippen LogP contribution in [0.1, 0.15) is 19.3 Å². The van der Waals surface area contributed by atoms with Crippen LogP contribution in [-0.4, -0.2) is 66.2 Å². The van der Waals surface area contributed by atoms with Gasteiger partial charge in [-0.3, -0.25) is 4.98 Å². The number of rotatable bonds is 5. The molecule has 0 amide bonds. The number of pyridine rings is 1. The van der Waals surface area contributed by atoms with Gasteiger partial charge in [-0.15, -0.1) is 24.8 Å². The second kappa shape index (κ2) is 11.8. The van der Waals surface area contributed by atoms with Gasteiger partial charge in [-0.25, -0.2) is 20.0 Å². The second-order valence-electron chi connectivity index (χ2n) is 6.09. The summed E-state index contributed by atoms with van der Waals surface area (Å²) in [4.78, 5) is 34.4. The van der Waals surface area contributed by atoms with Crippen LogP contribution in [0, 0.1) is 0 Å². The van der Waals surface area contributed by atoms with Crippen molar-refractivity contribution >= 4 is 42.4 Å². The summed E-state index contributed by atoms with van der Waals surface area (Å²) in [6.07, 6.45) is 6.03. The van der Waals surface area contributed by atoms with Crippen LogP contribution >= 0.6 is 24.8 Å². The molecule has 27 heavy (non-hydrogen) atoms.